The van der Waals surface area contributed by atoms with Crippen molar-refractivity contribution < 1.29 is 46.9 Å². The molecule has 3 heterocycles. The number of halogens is 1. The Morgan fingerprint density at radius 2 is 1.94 bits per heavy atom. The summed E-state index contributed by atoms with van der Waals surface area (Å²) in [5, 5.41) is 13.6. The molecule has 1 amide bonds. The number of unbranched alkanes of at least 4 members (excludes halogenated alkanes) is 2. The van der Waals surface area contributed by atoms with Crippen LogP contribution in [0.3, 0.4) is 0 Å². The van der Waals surface area contributed by atoms with Gasteiger partial charge in [0.25, 0.3) is 0 Å². The molecule has 264 valence electrons. The van der Waals surface area contributed by atoms with Crippen LogP contribution < -0.4 is 20.2 Å². The lowest BCUT2D eigenvalue weighted by atomic mass is 9.98. The molecule has 0 bridgehead atoms. The zero-order chi connectivity index (χ0) is 35.2. The van der Waals surface area contributed by atoms with E-state index in [1.54, 1.807) is 32.0 Å². The van der Waals surface area contributed by atoms with Crippen molar-refractivity contribution >= 4 is 42.7 Å². The number of aliphatic hydroxyl groups is 1. The number of carbonyl (C=O) groups is 2. The summed E-state index contributed by atoms with van der Waals surface area (Å²) in [4.78, 5) is 38.9. The van der Waals surface area contributed by atoms with Crippen LogP contribution in [-0.4, -0.2) is 87.0 Å². The number of alkyl halides is 1. The smallest absolute Gasteiger partial charge is 0.459 e. The van der Waals surface area contributed by atoms with Gasteiger partial charge in [0.05, 0.1) is 25.6 Å². The van der Waals surface area contributed by atoms with Crippen molar-refractivity contribution in [3.8, 4) is 5.75 Å². The second kappa shape index (κ2) is 15.6. The second-order valence-electron chi connectivity index (χ2n) is 11.8. The van der Waals surface area contributed by atoms with Gasteiger partial charge in [0, 0.05) is 7.05 Å². The van der Waals surface area contributed by atoms with Crippen LogP contribution in [0.5, 0.6) is 5.75 Å². The topological polar surface area (TPSA) is 202 Å². The highest BCUT2D eigenvalue weighted by Crippen LogP contribution is 2.48. The Bertz CT molecular complexity index is 1610. The highest BCUT2D eigenvalue weighted by Gasteiger charge is 2.56. The molecule has 1 aliphatic heterocycles. The largest absolute Gasteiger partial charge is 0.462 e. The van der Waals surface area contributed by atoms with Crippen LogP contribution in [0.15, 0.2) is 36.7 Å². The van der Waals surface area contributed by atoms with Gasteiger partial charge in [-0.25, -0.2) is 18.7 Å². The van der Waals surface area contributed by atoms with Gasteiger partial charge in [-0.3, -0.25) is 18.8 Å². The van der Waals surface area contributed by atoms with Gasteiger partial charge in [0.2, 0.25) is 5.95 Å². The third-order valence-corrected chi connectivity index (χ3v) is 9.03. The Labute approximate surface area is 277 Å². The molecule has 0 radical (unpaired) electrons. The van der Waals surface area contributed by atoms with Crippen LogP contribution in [-0.2, 0) is 28.1 Å². The van der Waals surface area contributed by atoms with Gasteiger partial charge in [-0.05, 0) is 46.2 Å². The molecule has 2 aromatic heterocycles. The summed E-state index contributed by atoms with van der Waals surface area (Å²) >= 11 is 0. The molecule has 0 aliphatic carbocycles. The van der Waals surface area contributed by atoms with Gasteiger partial charge in [-0.2, -0.15) is 15.1 Å². The maximum absolute atomic E-state index is 16.3. The first kappa shape index (κ1) is 36.9. The number of ether oxygens (including phenoxy) is 3. The zero-order valence-electron chi connectivity index (χ0n) is 27.7. The number of anilines is 2. The number of amides is 1. The Morgan fingerprint density at radius 1 is 1.23 bits per heavy atom. The van der Waals surface area contributed by atoms with Gasteiger partial charge in [-0.15, -0.1) is 0 Å². The average molecular weight is 696 g/mol. The number of fused-ring (bicyclic) bond motifs is 1. The molecule has 1 fully saturated rings. The van der Waals surface area contributed by atoms with E-state index in [0.29, 0.717) is 6.42 Å². The third-order valence-electron chi connectivity index (χ3n) is 7.39. The SMILES string of the molecule is CCCCCOC(=O)N(C)c1nc(N)nc2c1ncn2[C@@H]1O[C@H](CO[P@@](=O)(N[C@@H](C)C(=O)OC(C)C)Oc2ccccc2)[C@@H](O)[C@@]1(C)F. The number of para-hydroxylation sites is 1. The van der Waals surface area contributed by atoms with Gasteiger partial charge >= 0.3 is 19.8 Å². The first-order valence-electron chi connectivity index (χ1n) is 15.6. The van der Waals surface area contributed by atoms with Gasteiger partial charge < -0.3 is 29.6 Å². The van der Waals surface area contributed by atoms with Crippen molar-refractivity contribution in [2.45, 2.75) is 90.1 Å². The fourth-order valence-corrected chi connectivity index (χ4v) is 6.38. The molecular formula is C30H43FN7O9P. The number of carbonyl (C=O) groups excluding carboxylic acids is 2. The number of benzene rings is 1. The predicted octanol–water partition coefficient (Wildman–Crippen LogP) is 4.29. The van der Waals surface area contributed by atoms with Gasteiger partial charge in [-0.1, -0.05) is 38.0 Å². The number of esters is 1. The predicted molar refractivity (Wildman–Crippen MR) is 173 cm³/mol. The van der Waals surface area contributed by atoms with E-state index in [1.165, 1.54) is 37.0 Å². The number of aromatic nitrogens is 4. The molecule has 3 aromatic rings. The number of hydrogen-bond donors (Lipinski definition) is 3. The molecule has 1 saturated heterocycles. The molecule has 1 aromatic carbocycles. The fraction of sp³-hybridized carbons (Fsp3) is 0.567. The number of hydrogen-bond acceptors (Lipinski definition) is 13. The van der Waals surface area contributed by atoms with E-state index in [2.05, 4.69) is 20.0 Å². The minimum atomic E-state index is -4.35. The van der Waals surface area contributed by atoms with Gasteiger partial charge in [0.1, 0.15) is 24.0 Å². The molecule has 4 N–H and O–H groups in total. The minimum absolute atomic E-state index is 0.0167. The van der Waals surface area contributed by atoms with E-state index in [9.17, 15) is 19.3 Å². The van der Waals surface area contributed by atoms with Gasteiger partial charge in [0.15, 0.2) is 28.9 Å². The van der Waals surface area contributed by atoms with E-state index in [4.69, 9.17) is 29.0 Å². The van der Waals surface area contributed by atoms with Crippen molar-refractivity contribution in [3.63, 3.8) is 0 Å². The van der Waals surface area contributed by atoms with Crippen LogP contribution in [0.1, 0.15) is 60.1 Å². The monoisotopic (exact) mass is 695 g/mol. The highest BCUT2D eigenvalue weighted by atomic mass is 31.2. The van der Waals surface area contributed by atoms with E-state index in [1.807, 2.05) is 6.92 Å². The third kappa shape index (κ3) is 8.57. The van der Waals surface area contributed by atoms with Crippen LogP contribution in [0, 0.1) is 0 Å². The molecule has 1 aliphatic rings. The van der Waals surface area contributed by atoms with Crippen LogP contribution in [0.2, 0.25) is 0 Å². The minimum Gasteiger partial charge on any atom is -0.462 e. The Balaban J connectivity index is 1.56. The first-order valence-corrected chi connectivity index (χ1v) is 17.1. The summed E-state index contributed by atoms with van der Waals surface area (Å²) in [5.41, 5.74) is 3.62. The van der Waals surface area contributed by atoms with Crippen molar-refractivity contribution in [1.29, 1.82) is 0 Å². The average Bonchev–Trinajstić information content (AvgIpc) is 3.54. The number of nitrogen functional groups attached to an aromatic ring is 1. The lowest BCUT2D eigenvalue weighted by molar-refractivity contribution is -0.149. The molecule has 0 spiro atoms. The lowest BCUT2D eigenvalue weighted by Gasteiger charge is -2.25. The Hall–Kier alpha value is -3.89. The first-order chi connectivity index (χ1) is 22.7. The van der Waals surface area contributed by atoms with E-state index < -0.39 is 62.7 Å². The highest BCUT2D eigenvalue weighted by molar-refractivity contribution is 7.52. The quantitative estimate of drug-likeness (QED) is 0.115. The van der Waals surface area contributed by atoms with Crippen LogP contribution >= 0.6 is 7.75 Å². The summed E-state index contributed by atoms with van der Waals surface area (Å²) in [6, 6.07) is 6.94. The van der Waals surface area contributed by atoms with E-state index >= 15 is 4.39 Å². The van der Waals surface area contributed by atoms with E-state index in [-0.39, 0.29) is 35.3 Å². The molecule has 0 unspecified atom stereocenters. The van der Waals surface area contributed by atoms with Crippen molar-refractivity contribution in [1.82, 2.24) is 24.6 Å². The molecule has 16 nitrogen and oxygen atoms in total. The Kier molecular flexibility index (Phi) is 12.0. The summed E-state index contributed by atoms with van der Waals surface area (Å²) < 4.78 is 59.1. The Morgan fingerprint density at radius 3 is 2.60 bits per heavy atom. The fourth-order valence-electron chi connectivity index (χ4n) is 4.87. The summed E-state index contributed by atoms with van der Waals surface area (Å²) in [7, 11) is -2.92. The van der Waals surface area contributed by atoms with Crippen LogP contribution in [0.4, 0.5) is 21.0 Å². The summed E-state index contributed by atoms with van der Waals surface area (Å²) in [6.07, 6.45) is -2.06. The molecule has 0 saturated carbocycles. The number of imidazole rings is 1. The number of aliphatic hydroxyl groups excluding tert-OH is 1. The number of nitrogens with zero attached hydrogens (tertiary/aromatic N) is 5. The summed E-state index contributed by atoms with van der Waals surface area (Å²) in [5.74, 6) is -0.765. The molecule has 4 rings (SSSR count). The van der Waals surface area contributed by atoms with Crippen molar-refractivity contribution in [3.05, 3.63) is 36.7 Å². The zero-order valence-corrected chi connectivity index (χ0v) is 28.6. The normalized spacial score (nSPS) is 22.7. The van der Waals surface area contributed by atoms with Crippen LogP contribution in [0.25, 0.3) is 11.2 Å². The molecule has 48 heavy (non-hydrogen) atoms. The second-order valence-corrected chi connectivity index (χ2v) is 13.5. The maximum Gasteiger partial charge on any atom is 0.459 e. The molecule has 6 atom stereocenters. The van der Waals surface area contributed by atoms with Crippen molar-refractivity contribution in [2.24, 2.45) is 0 Å². The lowest BCUT2D eigenvalue weighted by Crippen LogP contribution is -2.41. The number of rotatable bonds is 15. The summed E-state index contributed by atoms with van der Waals surface area (Å²) in [6.45, 7) is 7.48. The molecule has 18 heteroatoms. The van der Waals surface area contributed by atoms with E-state index in [0.717, 1.165) is 24.7 Å². The molecular weight excluding hydrogens is 652 g/mol. The number of nitrogens with two attached hydrogens (primary N) is 1. The maximum atomic E-state index is 16.3. The number of nitrogens with one attached hydrogen (secondary N) is 1. The van der Waals surface area contributed by atoms with Crippen molar-refractivity contribution in [2.75, 3.05) is 30.9 Å². The standard InChI is InChI=1S/C30H43FN7O9P/c1-7-8-12-15-43-29(41)37(6)24-22-25(35-28(32)34-24)38(17-33-22)27-30(5,31)23(39)21(46-27)16-44-48(42,47-20-13-10-9-11-14-20)36-19(4)26(40)45-18(2)3/h9-11,13-14,17-19,21,23,27,39H,7-8,12,15-16H2,1-6H3,(H,36,42)(H2,32,34,35)/t19-,21+,23+,27+,30+,48-/m0/s1.